The van der Waals surface area contributed by atoms with Gasteiger partial charge in [-0.25, -0.2) is 0 Å². The quantitative estimate of drug-likeness (QED) is 0.816. The molecule has 0 aliphatic heterocycles. The van der Waals surface area contributed by atoms with Crippen LogP contribution in [0.1, 0.15) is 30.9 Å². The highest BCUT2D eigenvalue weighted by molar-refractivity contribution is 5.77. The summed E-state index contributed by atoms with van der Waals surface area (Å²) in [6, 6.07) is 6.02. The largest absolute Gasteiger partial charge is 0.484 e. The maximum Gasteiger partial charge on any atom is 0.258 e. The van der Waals surface area contributed by atoms with Gasteiger partial charge in [-0.3, -0.25) is 4.79 Å². The van der Waals surface area contributed by atoms with Crippen LogP contribution >= 0.6 is 0 Å². The highest BCUT2D eigenvalue weighted by atomic mass is 16.5. The molecular formula is C15H21NO3. The number of nitrogens with one attached hydrogen (secondary N) is 1. The molecule has 0 saturated heterocycles. The van der Waals surface area contributed by atoms with Crippen LogP contribution in [0.4, 0.5) is 0 Å². The molecule has 0 heterocycles. The van der Waals surface area contributed by atoms with Gasteiger partial charge in [0.25, 0.3) is 5.91 Å². The SMILES string of the molecule is C[C@H](CCO)NC(=O)COc1ccc2c(c1)CCC2. The number of carbonyl (C=O) groups excluding carboxylic acids is 1. The van der Waals surface area contributed by atoms with Crippen molar-refractivity contribution in [2.75, 3.05) is 13.2 Å². The molecule has 2 rings (SSSR count). The van der Waals surface area contributed by atoms with Gasteiger partial charge in [0.05, 0.1) is 0 Å². The Bertz CT molecular complexity index is 445. The van der Waals surface area contributed by atoms with Gasteiger partial charge in [0, 0.05) is 12.6 Å². The van der Waals surface area contributed by atoms with Gasteiger partial charge in [0.1, 0.15) is 5.75 Å². The lowest BCUT2D eigenvalue weighted by Gasteiger charge is -2.13. The van der Waals surface area contributed by atoms with Crippen LogP contribution in [0.15, 0.2) is 18.2 Å². The molecule has 4 nitrogen and oxygen atoms in total. The first kappa shape index (κ1) is 13.9. The van der Waals surface area contributed by atoms with Crippen molar-refractivity contribution in [3.05, 3.63) is 29.3 Å². The number of fused-ring (bicyclic) bond motifs is 1. The van der Waals surface area contributed by atoms with Gasteiger partial charge in [-0.15, -0.1) is 0 Å². The van der Waals surface area contributed by atoms with Crippen molar-refractivity contribution in [1.29, 1.82) is 0 Å². The van der Waals surface area contributed by atoms with E-state index in [1.165, 1.54) is 17.5 Å². The zero-order chi connectivity index (χ0) is 13.7. The fourth-order valence-corrected chi connectivity index (χ4v) is 2.37. The smallest absolute Gasteiger partial charge is 0.258 e. The zero-order valence-electron chi connectivity index (χ0n) is 11.3. The summed E-state index contributed by atoms with van der Waals surface area (Å²) in [7, 11) is 0. The van der Waals surface area contributed by atoms with Gasteiger partial charge >= 0.3 is 0 Å². The molecule has 1 amide bonds. The maximum absolute atomic E-state index is 11.6. The Morgan fingerprint density at radius 1 is 1.42 bits per heavy atom. The number of hydrogen-bond donors (Lipinski definition) is 2. The Hall–Kier alpha value is -1.55. The predicted octanol–water partition coefficient (Wildman–Crippen LogP) is 1.44. The minimum atomic E-state index is -0.151. The van der Waals surface area contributed by atoms with Crippen LogP contribution in [0, 0.1) is 0 Å². The molecule has 1 aliphatic carbocycles. The van der Waals surface area contributed by atoms with Crippen molar-refractivity contribution >= 4 is 5.91 Å². The Morgan fingerprint density at radius 2 is 2.21 bits per heavy atom. The van der Waals surface area contributed by atoms with E-state index in [4.69, 9.17) is 9.84 Å². The van der Waals surface area contributed by atoms with Crippen molar-refractivity contribution in [2.24, 2.45) is 0 Å². The van der Waals surface area contributed by atoms with E-state index in [-0.39, 0.29) is 25.2 Å². The molecule has 19 heavy (non-hydrogen) atoms. The molecule has 0 aromatic heterocycles. The third-order valence-electron chi connectivity index (χ3n) is 3.41. The first-order valence-corrected chi connectivity index (χ1v) is 6.84. The number of aliphatic hydroxyl groups is 1. The normalized spacial score (nSPS) is 14.8. The zero-order valence-corrected chi connectivity index (χ0v) is 11.3. The monoisotopic (exact) mass is 263 g/mol. The lowest BCUT2D eigenvalue weighted by Crippen LogP contribution is -2.36. The van der Waals surface area contributed by atoms with E-state index in [2.05, 4.69) is 11.4 Å². The number of benzene rings is 1. The number of aliphatic hydroxyl groups excluding tert-OH is 1. The second kappa shape index (κ2) is 6.57. The topological polar surface area (TPSA) is 58.6 Å². The number of aryl methyl sites for hydroxylation is 2. The molecule has 104 valence electrons. The average Bonchev–Trinajstić information content (AvgIpc) is 2.83. The highest BCUT2D eigenvalue weighted by Gasteiger charge is 2.12. The van der Waals surface area contributed by atoms with Crippen LogP contribution in [-0.2, 0) is 17.6 Å². The van der Waals surface area contributed by atoms with E-state index in [1.807, 2.05) is 19.1 Å². The predicted molar refractivity (Wildman–Crippen MR) is 73.3 cm³/mol. The van der Waals surface area contributed by atoms with Crippen LogP contribution in [-0.4, -0.2) is 30.3 Å². The van der Waals surface area contributed by atoms with Crippen molar-refractivity contribution in [1.82, 2.24) is 5.32 Å². The van der Waals surface area contributed by atoms with Crippen molar-refractivity contribution < 1.29 is 14.6 Å². The maximum atomic E-state index is 11.6. The van der Waals surface area contributed by atoms with Crippen LogP contribution in [0.2, 0.25) is 0 Å². The minimum Gasteiger partial charge on any atom is -0.484 e. The standard InChI is InChI=1S/C15H21NO3/c1-11(7-8-17)16-15(18)10-19-14-6-5-12-3-2-4-13(12)9-14/h5-6,9,11,17H,2-4,7-8,10H2,1H3,(H,16,18)/t11-/m1/s1. The minimum absolute atomic E-state index is 0.0224. The number of hydrogen-bond acceptors (Lipinski definition) is 3. The molecule has 1 aromatic carbocycles. The Morgan fingerprint density at radius 3 is 3.00 bits per heavy atom. The molecule has 1 atom stereocenters. The molecular weight excluding hydrogens is 242 g/mol. The van der Waals surface area contributed by atoms with Gasteiger partial charge < -0.3 is 15.2 Å². The lowest BCUT2D eigenvalue weighted by molar-refractivity contribution is -0.123. The third-order valence-corrected chi connectivity index (χ3v) is 3.41. The lowest BCUT2D eigenvalue weighted by atomic mass is 10.1. The van der Waals surface area contributed by atoms with Crippen LogP contribution in [0.5, 0.6) is 5.75 Å². The van der Waals surface area contributed by atoms with Gasteiger partial charge in [-0.1, -0.05) is 6.07 Å². The number of amides is 1. The summed E-state index contributed by atoms with van der Waals surface area (Å²) in [5.74, 6) is 0.604. The van der Waals surface area contributed by atoms with Gasteiger partial charge in [0.15, 0.2) is 6.61 Å². The van der Waals surface area contributed by atoms with E-state index in [0.717, 1.165) is 18.6 Å². The molecule has 0 radical (unpaired) electrons. The molecule has 0 fully saturated rings. The highest BCUT2D eigenvalue weighted by Crippen LogP contribution is 2.25. The summed E-state index contributed by atoms with van der Waals surface area (Å²) < 4.78 is 5.50. The molecule has 0 saturated carbocycles. The summed E-state index contributed by atoms with van der Waals surface area (Å²) in [4.78, 5) is 11.6. The first-order valence-electron chi connectivity index (χ1n) is 6.84. The second-order valence-electron chi connectivity index (χ2n) is 5.05. The Kier molecular flexibility index (Phi) is 4.80. The first-order chi connectivity index (χ1) is 9.19. The van der Waals surface area contributed by atoms with Gasteiger partial charge in [-0.05, 0) is 55.9 Å². The molecule has 4 heteroatoms. The second-order valence-corrected chi connectivity index (χ2v) is 5.05. The summed E-state index contributed by atoms with van der Waals surface area (Å²) in [6.07, 6.45) is 4.02. The number of rotatable bonds is 6. The van der Waals surface area contributed by atoms with E-state index < -0.39 is 0 Å². The van der Waals surface area contributed by atoms with Crippen LogP contribution in [0.25, 0.3) is 0 Å². The molecule has 1 aromatic rings. The Balaban J connectivity index is 1.80. The fraction of sp³-hybridized carbons (Fsp3) is 0.533. The van der Waals surface area contributed by atoms with Crippen molar-refractivity contribution in [3.63, 3.8) is 0 Å². The molecule has 0 unspecified atom stereocenters. The summed E-state index contributed by atoms with van der Waals surface area (Å²) in [6.45, 7) is 1.96. The van der Waals surface area contributed by atoms with E-state index in [0.29, 0.717) is 6.42 Å². The van der Waals surface area contributed by atoms with Crippen molar-refractivity contribution in [2.45, 2.75) is 38.6 Å². The average molecular weight is 263 g/mol. The Labute approximate surface area is 113 Å². The third kappa shape index (κ3) is 3.96. The molecule has 0 spiro atoms. The molecule has 0 bridgehead atoms. The molecule has 2 N–H and O–H groups in total. The summed E-state index contributed by atoms with van der Waals surface area (Å²) in [5, 5.41) is 11.5. The summed E-state index contributed by atoms with van der Waals surface area (Å²) >= 11 is 0. The van der Waals surface area contributed by atoms with Crippen molar-refractivity contribution in [3.8, 4) is 5.75 Å². The molecule has 1 aliphatic rings. The fourth-order valence-electron chi connectivity index (χ4n) is 2.37. The van der Waals surface area contributed by atoms with Crippen LogP contribution < -0.4 is 10.1 Å². The van der Waals surface area contributed by atoms with E-state index in [9.17, 15) is 4.79 Å². The van der Waals surface area contributed by atoms with Gasteiger partial charge in [-0.2, -0.15) is 0 Å². The van der Waals surface area contributed by atoms with Crippen LogP contribution in [0.3, 0.4) is 0 Å². The van der Waals surface area contributed by atoms with E-state index >= 15 is 0 Å². The van der Waals surface area contributed by atoms with Gasteiger partial charge in [0.2, 0.25) is 0 Å². The van der Waals surface area contributed by atoms with E-state index in [1.54, 1.807) is 0 Å². The summed E-state index contributed by atoms with van der Waals surface area (Å²) in [5.41, 5.74) is 2.74. The number of carbonyl (C=O) groups is 1. The number of ether oxygens (including phenoxy) is 1.